The first-order valence-electron chi connectivity index (χ1n) is 10.1. The maximum atomic E-state index is 13.1. The number of carbonyl (C=O) groups is 1. The summed E-state index contributed by atoms with van der Waals surface area (Å²) in [6.07, 6.45) is 2.24. The Kier molecular flexibility index (Phi) is 4.60. The summed E-state index contributed by atoms with van der Waals surface area (Å²) in [5.74, 6) is 0.521. The van der Waals surface area contributed by atoms with Gasteiger partial charge in [-0.25, -0.2) is 4.52 Å². The van der Waals surface area contributed by atoms with Crippen LogP contribution in [0.15, 0.2) is 42.6 Å². The maximum absolute atomic E-state index is 13.1. The van der Waals surface area contributed by atoms with Crippen LogP contribution in [0.5, 0.6) is 5.75 Å². The Balaban J connectivity index is 1.51. The zero-order valence-corrected chi connectivity index (χ0v) is 16.8. The van der Waals surface area contributed by atoms with Gasteiger partial charge >= 0.3 is 0 Å². The number of fused-ring (bicyclic) bond motifs is 2. The van der Waals surface area contributed by atoms with Crippen LogP contribution in [0, 0.1) is 0 Å². The predicted octanol–water partition coefficient (Wildman–Crippen LogP) is 2.11. The molecule has 0 bridgehead atoms. The number of aliphatic hydroxyl groups excluding tert-OH is 1. The Hall–Kier alpha value is -3.10. The van der Waals surface area contributed by atoms with Gasteiger partial charge in [-0.2, -0.15) is 5.10 Å². The number of aliphatic hydroxyl groups is 1. The second-order valence-electron chi connectivity index (χ2n) is 8.00. The standard InChI is InChI=1S/C22H24N4O4/c1-22(14-27)13-15-11-17(19(12-20(15)30-22)25-7-9-29-10-8-25)24-21(28)18-5-4-16-3-2-6-23-26(16)18/h2-6,11-12,27H,7-10,13-14H2,1H3,(H,24,28)/t22-/m1/s1. The quantitative estimate of drug-likeness (QED) is 0.688. The molecule has 0 radical (unpaired) electrons. The minimum Gasteiger partial charge on any atom is -0.484 e. The molecule has 1 saturated heterocycles. The summed E-state index contributed by atoms with van der Waals surface area (Å²) in [5, 5.41) is 17.1. The molecule has 0 spiro atoms. The summed E-state index contributed by atoms with van der Waals surface area (Å²) in [4.78, 5) is 15.3. The molecular weight excluding hydrogens is 384 g/mol. The van der Waals surface area contributed by atoms with E-state index in [1.807, 2.05) is 37.3 Å². The van der Waals surface area contributed by atoms with Crippen LogP contribution in [-0.4, -0.2) is 59.1 Å². The predicted molar refractivity (Wildman–Crippen MR) is 112 cm³/mol. The minimum atomic E-state index is -0.644. The van der Waals surface area contributed by atoms with E-state index in [1.54, 1.807) is 16.8 Å². The Morgan fingerprint density at radius 2 is 2.10 bits per heavy atom. The van der Waals surface area contributed by atoms with Crippen molar-refractivity contribution in [2.75, 3.05) is 43.1 Å². The molecule has 0 aliphatic carbocycles. The van der Waals surface area contributed by atoms with E-state index in [4.69, 9.17) is 9.47 Å². The topological polar surface area (TPSA) is 88.3 Å². The Morgan fingerprint density at radius 1 is 1.27 bits per heavy atom. The molecule has 8 nitrogen and oxygen atoms in total. The van der Waals surface area contributed by atoms with Crippen molar-refractivity contribution in [1.82, 2.24) is 9.61 Å². The lowest BCUT2D eigenvalue weighted by molar-refractivity contribution is 0.0446. The van der Waals surface area contributed by atoms with E-state index in [9.17, 15) is 9.90 Å². The molecule has 0 saturated carbocycles. The van der Waals surface area contributed by atoms with E-state index in [0.29, 0.717) is 25.3 Å². The Labute approximate surface area is 174 Å². The van der Waals surface area contributed by atoms with Gasteiger partial charge in [0, 0.05) is 37.3 Å². The molecule has 2 aliphatic heterocycles. The number of aromatic nitrogens is 2. The van der Waals surface area contributed by atoms with Gasteiger partial charge in [0.25, 0.3) is 5.91 Å². The first-order valence-corrected chi connectivity index (χ1v) is 10.1. The van der Waals surface area contributed by atoms with Crippen molar-refractivity contribution in [2.45, 2.75) is 18.9 Å². The minimum absolute atomic E-state index is 0.0714. The van der Waals surface area contributed by atoms with E-state index < -0.39 is 5.60 Å². The van der Waals surface area contributed by atoms with Crippen LogP contribution in [0.1, 0.15) is 23.0 Å². The number of hydrogen-bond donors (Lipinski definition) is 2. The van der Waals surface area contributed by atoms with E-state index >= 15 is 0 Å². The molecule has 30 heavy (non-hydrogen) atoms. The van der Waals surface area contributed by atoms with Crippen molar-refractivity contribution in [3.63, 3.8) is 0 Å². The molecule has 5 rings (SSSR count). The molecule has 2 aromatic heterocycles. The number of rotatable bonds is 4. The Bertz CT molecular complexity index is 1110. The van der Waals surface area contributed by atoms with Crippen molar-refractivity contribution in [2.24, 2.45) is 0 Å². The van der Waals surface area contributed by atoms with Gasteiger partial charge in [-0.3, -0.25) is 4.79 Å². The summed E-state index contributed by atoms with van der Waals surface area (Å²) < 4.78 is 13.1. The number of amides is 1. The Morgan fingerprint density at radius 3 is 2.90 bits per heavy atom. The van der Waals surface area contributed by atoms with Crippen molar-refractivity contribution in [3.05, 3.63) is 53.9 Å². The van der Waals surface area contributed by atoms with Gasteiger partial charge in [0.2, 0.25) is 0 Å². The van der Waals surface area contributed by atoms with Crippen LogP contribution in [-0.2, 0) is 11.2 Å². The zero-order chi connectivity index (χ0) is 20.7. The molecule has 2 aliphatic rings. The van der Waals surface area contributed by atoms with Crippen molar-refractivity contribution in [3.8, 4) is 5.75 Å². The van der Waals surface area contributed by atoms with Crippen LogP contribution in [0.2, 0.25) is 0 Å². The number of hydrogen-bond acceptors (Lipinski definition) is 6. The van der Waals surface area contributed by atoms with Crippen LogP contribution >= 0.6 is 0 Å². The number of ether oxygens (including phenoxy) is 2. The van der Waals surface area contributed by atoms with Gasteiger partial charge in [0.05, 0.1) is 36.7 Å². The summed E-state index contributed by atoms with van der Waals surface area (Å²) in [5.41, 5.74) is 3.26. The molecule has 2 N–H and O–H groups in total. The van der Waals surface area contributed by atoms with Crippen molar-refractivity contribution >= 4 is 22.8 Å². The lowest BCUT2D eigenvalue weighted by Gasteiger charge is -2.31. The van der Waals surface area contributed by atoms with Gasteiger partial charge < -0.3 is 24.8 Å². The third kappa shape index (κ3) is 3.28. The molecule has 0 unspecified atom stereocenters. The van der Waals surface area contributed by atoms with Gasteiger partial charge in [0.1, 0.15) is 17.0 Å². The molecule has 4 heterocycles. The fraction of sp³-hybridized carbons (Fsp3) is 0.364. The smallest absolute Gasteiger partial charge is 0.274 e. The maximum Gasteiger partial charge on any atom is 0.274 e. The van der Waals surface area contributed by atoms with E-state index in [2.05, 4.69) is 15.3 Å². The van der Waals surface area contributed by atoms with E-state index in [1.165, 1.54) is 0 Å². The number of carbonyl (C=O) groups excluding carboxylic acids is 1. The molecule has 1 aromatic carbocycles. The number of benzene rings is 1. The molecular formula is C22H24N4O4. The third-order valence-corrected chi connectivity index (χ3v) is 5.69. The van der Waals surface area contributed by atoms with Gasteiger partial charge in [-0.1, -0.05) is 0 Å². The monoisotopic (exact) mass is 408 g/mol. The largest absolute Gasteiger partial charge is 0.484 e. The number of anilines is 2. The molecule has 8 heteroatoms. The van der Waals surface area contributed by atoms with Crippen LogP contribution in [0.3, 0.4) is 0 Å². The first-order chi connectivity index (χ1) is 14.6. The molecule has 3 aromatic rings. The second-order valence-corrected chi connectivity index (χ2v) is 8.00. The summed E-state index contributed by atoms with van der Waals surface area (Å²) >= 11 is 0. The highest BCUT2D eigenvalue weighted by molar-refractivity contribution is 6.05. The number of nitrogens with one attached hydrogen (secondary N) is 1. The van der Waals surface area contributed by atoms with Crippen LogP contribution in [0.4, 0.5) is 11.4 Å². The van der Waals surface area contributed by atoms with Crippen molar-refractivity contribution in [1.29, 1.82) is 0 Å². The molecule has 156 valence electrons. The number of nitrogens with zero attached hydrogens (tertiary/aromatic N) is 3. The lowest BCUT2D eigenvalue weighted by Crippen LogP contribution is -2.37. The summed E-state index contributed by atoms with van der Waals surface area (Å²) in [6, 6.07) is 11.3. The molecule has 1 amide bonds. The van der Waals surface area contributed by atoms with Gasteiger partial charge in [-0.15, -0.1) is 0 Å². The molecule has 1 atom stereocenters. The lowest BCUT2D eigenvalue weighted by atomic mass is 9.99. The van der Waals surface area contributed by atoms with Crippen LogP contribution in [0.25, 0.3) is 5.52 Å². The van der Waals surface area contributed by atoms with E-state index in [0.717, 1.165) is 41.3 Å². The summed E-state index contributed by atoms with van der Waals surface area (Å²) in [7, 11) is 0. The summed E-state index contributed by atoms with van der Waals surface area (Å²) in [6.45, 7) is 4.54. The first kappa shape index (κ1) is 18.9. The molecule has 1 fully saturated rings. The highest BCUT2D eigenvalue weighted by Gasteiger charge is 2.35. The second kappa shape index (κ2) is 7.30. The zero-order valence-electron chi connectivity index (χ0n) is 16.8. The highest BCUT2D eigenvalue weighted by atomic mass is 16.5. The fourth-order valence-electron chi connectivity index (χ4n) is 4.11. The average molecular weight is 408 g/mol. The fourth-order valence-corrected chi connectivity index (χ4v) is 4.11. The van der Waals surface area contributed by atoms with Crippen molar-refractivity contribution < 1.29 is 19.4 Å². The van der Waals surface area contributed by atoms with Crippen LogP contribution < -0.4 is 15.0 Å². The highest BCUT2D eigenvalue weighted by Crippen LogP contribution is 2.42. The van der Waals surface area contributed by atoms with E-state index in [-0.39, 0.29) is 12.5 Å². The average Bonchev–Trinajstić information content (AvgIpc) is 3.34. The normalized spacial score (nSPS) is 20.8. The SMILES string of the molecule is C[C@]1(CO)Cc2cc(NC(=O)c3ccc4cccnn34)c(N3CCOCC3)cc2O1. The third-order valence-electron chi connectivity index (χ3n) is 5.69. The van der Waals surface area contributed by atoms with Gasteiger partial charge in [0.15, 0.2) is 0 Å². The van der Waals surface area contributed by atoms with Gasteiger partial charge in [-0.05, 0) is 37.3 Å². The number of morpholine rings is 1.